The lowest BCUT2D eigenvalue weighted by Gasteiger charge is -2.27. The summed E-state index contributed by atoms with van der Waals surface area (Å²) in [5, 5.41) is 16.0. The van der Waals surface area contributed by atoms with Gasteiger partial charge in [-0.1, -0.05) is 6.07 Å². The maximum Gasteiger partial charge on any atom is 0.191 e. The molecule has 3 N–H and O–H groups in total. The van der Waals surface area contributed by atoms with E-state index in [2.05, 4.69) is 51.5 Å². The van der Waals surface area contributed by atoms with Crippen molar-refractivity contribution in [2.24, 2.45) is 10.4 Å². The maximum absolute atomic E-state index is 9.32. The van der Waals surface area contributed by atoms with Crippen molar-refractivity contribution < 1.29 is 9.84 Å². The number of guanidine groups is 1. The lowest BCUT2D eigenvalue weighted by molar-refractivity contribution is 0.127. The number of pyridine rings is 1. The molecule has 1 fully saturated rings. The summed E-state index contributed by atoms with van der Waals surface area (Å²) in [4.78, 5) is 11.1. The van der Waals surface area contributed by atoms with Gasteiger partial charge in [-0.05, 0) is 38.3 Å². The SMILES string of the molecule is CCN(CC)c1ccc(CNC(=NC)NCC2(CCO)CCOC2)cn1.I. The van der Waals surface area contributed by atoms with Gasteiger partial charge in [-0.3, -0.25) is 4.99 Å². The van der Waals surface area contributed by atoms with Crippen molar-refractivity contribution >= 4 is 35.8 Å². The van der Waals surface area contributed by atoms with E-state index in [4.69, 9.17) is 4.74 Å². The average Bonchev–Trinajstić information content (AvgIpc) is 3.13. The van der Waals surface area contributed by atoms with E-state index in [-0.39, 0.29) is 36.0 Å². The predicted molar refractivity (Wildman–Crippen MR) is 121 cm³/mol. The van der Waals surface area contributed by atoms with Gasteiger partial charge in [0.05, 0.1) is 6.61 Å². The fourth-order valence-electron chi connectivity index (χ4n) is 3.25. The second-order valence-electron chi connectivity index (χ2n) is 6.75. The Morgan fingerprint density at radius 2 is 2.11 bits per heavy atom. The van der Waals surface area contributed by atoms with Crippen LogP contribution in [0.15, 0.2) is 23.3 Å². The Balaban J connectivity index is 0.00000364. The molecule has 0 amide bonds. The van der Waals surface area contributed by atoms with E-state index in [0.29, 0.717) is 13.2 Å². The molecule has 154 valence electrons. The van der Waals surface area contributed by atoms with Crippen LogP contribution in [0.2, 0.25) is 0 Å². The van der Waals surface area contributed by atoms with E-state index in [1.165, 1.54) is 0 Å². The van der Waals surface area contributed by atoms with E-state index in [0.717, 1.165) is 56.4 Å². The van der Waals surface area contributed by atoms with Crippen LogP contribution in [-0.2, 0) is 11.3 Å². The number of ether oxygens (including phenoxy) is 1. The highest BCUT2D eigenvalue weighted by atomic mass is 127. The summed E-state index contributed by atoms with van der Waals surface area (Å²) < 4.78 is 5.53. The van der Waals surface area contributed by atoms with Crippen LogP contribution in [0.25, 0.3) is 0 Å². The monoisotopic (exact) mass is 491 g/mol. The maximum atomic E-state index is 9.32. The Labute approximate surface area is 180 Å². The summed E-state index contributed by atoms with van der Waals surface area (Å²) in [5.74, 6) is 1.76. The number of aliphatic hydroxyl groups excluding tert-OH is 1. The highest BCUT2D eigenvalue weighted by Gasteiger charge is 2.34. The normalized spacial score (nSPS) is 19.5. The van der Waals surface area contributed by atoms with Gasteiger partial charge in [0.1, 0.15) is 5.82 Å². The molecule has 1 aromatic heterocycles. The molecular weight excluding hydrogens is 457 g/mol. The highest BCUT2D eigenvalue weighted by molar-refractivity contribution is 14.0. The summed E-state index contributed by atoms with van der Waals surface area (Å²) in [5.41, 5.74) is 1.11. The summed E-state index contributed by atoms with van der Waals surface area (Å²) in [7, 11) is 1.76. The van der Waals surface area contributed by atoms with Crippen molar-refractivity contribution in [1.29, 1.82) is 0 Å². The molecule has 27 heavy (non-hydrogen) atoms. The van der Waals surface area contributed by atoms with Crippen molar-refractivity contribution in [2.45, 2.75) is 33.2 Å². The molecule has 7 nitrogen and oxygen atoms in total. The Kier molecular flexibility index (Phi) is 10.9. The van der Waals surface area contributed by atoms with Crippen LogP contribution in [0.4, 0.5) is 5.82 Å². The zero-order valence-corrected chi connectivity index (χ0v) is 19.0. The predicted octanol–water partition coefficient (Wildman–Crippen LogP) is 2.00. The molecule has 1 aromatic rings. The van der Waals surface area contributed by atoms with Crippen LogP contribution in [0, 0.1) is 5.41 Å². The molecular formula is C19H34IN5O2. The number of halogens is 1. The number of rotatable bonds is 9. The van der Waals surface area contributed by atoms with E-state index >= 15 is 0 Å². The van der Waals surface area contributed by atoms with Gasteiger partial charge in [-0.2, -0.15) is 0 Å². The van der Waals surface area contributed by atoms with Gasteiger partial charge >= 0.3 is 0 Å². The van der Waals surface area contributed by atoms with E-state index in [1.807, 2.05) is 6.20 Å². The summed E-state index contributed by atoms with van der Waals surface area (Å²) in [6.07, 6.45) is 3.62. The van der Waals surface area contributed by atoms with Gasteiger partial charge in [0.2, 0.25) is 0 Å². The molecule has 0 aromatic carbocycles. The van der Waals surface area contributed by atoms with Crippen LogP contribution in [0.5, 0.6) is 0 Å². The topological polar surface area (TPSA) is 82.0 Å². The van der Waals surface area contributed by atoms with Gasteiger partial charge in [-0.15, -0.1) is 24.0 Å². The van der Waals surface area contributed by atoms with Gasteiger partial charge in [0.15, 0.2) is 5.96 Å². The molecule has 0 spiro atoms. The van der Waals surface area contributed by atoms with Crippen LogP contribution in [-0.4, -0.2) is 62.6 Å². The third-order valence-corrected chi connectivity index (χ3v) is 5.04. The van der Waals surface area contributed by atoms with E-state index in [1.54, 1.807) is 7.05 Å². The molecule has 2 heterocycles. The van der Waals surface area contributed by atoms with Crippen molar-refractivity contribution in [1.82, 2.24) is 15.6 Å². The zero-order chi connectivity index (χ0) is 18.8. The van der Waals surface area contributed by atoms with Gasteiger partial charge in [0.25, 0.3) is 0 Å². The molecule has 2 rings (SSSR count). The van der Waals surface area contributed by atoms with Crippen LogP contribution in [0.3, 0.4) is 0 Å². The second kappa shape index (κ2) is 12.4. The van der Waals surface area contributed by atoms with Crippen LogP contribution >= 0.6 is 24.0 Å². The van der Waals surface area contributed by atoms with Gasteiger partial charge in [-0.25, -0.2) is 4.98 Å². The van der Waals surface area contributed by atoms with E-state index < -0.39 is 0 Å². The van der Waals surface area contributed by atoms with Crippen molar-refractivity contribution in [3.05, 3.63) is 23.9 Å². The number of hydrogen-bond acceptors (Lipinski definition) is 5. The molecule has 0 saturated carbocycles. The van der Waals surface area contributed by atoms with E-state index in [9.17, 15) is 5.11 Å². The molecule has 0 radical (unpaired) electrons. The van der Waals surface area contributed by atoms with Crippen LogP contribution in [0.1, 0.15) is 32.3 Å². The molecule has 1 atom stereocenters. The molecule has 1 aliphatic heterocycles. The molecule has 1 aliphatic rings. The molecule has 8 heteroatoms. The number of nitrogens with zero attached hydrogens (tertiary/aromatic N) is 3. The first-order chi connectivity index (χ1) is 12.7. The number of aliphatic hydroxyl groups is 1. The number of anilines is 1. The first-order valence-electron chi connectivity index (χ1n) is 9.49. The first-order valence-corrected chi connectivity index (χ1v) is 9.49. The Morgan fingerprint density at radius 1 is 1.33 bits per heavy atom. The minimum atomic E-state index is -0.000657. The minimum absolute atomic E-state index is 0. The van der Waals surface area contributed by atoms with Crippen molar-refractivity contribution in [3.63, 3.8) is 0 Å². The highest BCUT2D eigenvalue weighted by Crippen LogP contribution is 2.31. The van der Waals surface area contributed by atoms with Crippen LogP contribution < -0.4 is 15.5 Å². The summed E-state index contributed by atoms with van der Waals surface area (Å²) in [6, 6.07) is 4.16. The largest absolute Gasteiger partial charge is 0.396 e. The van der Waals surface area contributed by atoms with Crippen molar-refractivity contribution in [3.8, 4) is 0 Å². The number of aliphatic imine (C=N–C) groups is 1. The fraction of sp³-hybridized carbons (Fsp3) is 0.684. The summed E-state index contributed by atoms with van der Waals surface area (Å²) in [6.45, 7) is 9.22. The molecule has 1 unspecified atom stereocenters. The smallest absolute Gasteiger partial charge is 0.191 e. The Hall–Kier alpha value is -1.13. The average molecular weight is 491 g/mol. The lowest BCUT2D eigenvalue weighted by Crippen LogP contribution is -2.44. The summed E-state index contributed by atoms with van der Waals surface area (Å²) >= 11 is 0. The number of aromatic nitrogens is 1. The van der Waals surface area contributed by atoms with Gasteiger partial charge in [0, 0.05) is 58.1 Å². The third kappa shape index (κ3) is 7.08. The zero-order valence-electron chi connectivity index (χ0n) is 16.7. The molecule has 0 aliphatic carbocycles. The Morgan fingerprint density at radius 3 is 2.63 bits per heavy atom. The quantitative estimate of drug-likeness (QED) is 0.279. The standard InChI is InChI=1S/C19H33N5O2.HI/c1-4-24(5-2)17-7-6-16(12-21-17)13-22-18(20-3)23-14-19(8-10-25)9-11-26-15-19;/h6-7,12,25H,4-5,8-11,13-15H2,1-3H3,(H2,20,22,23);1H. The fourth-order valence-corrected chi connectivity index (χ4v) is 3.25. The number of nitrogens with one attached hydrogen (secondary N) is 2. The van der Waals surface area contributed by atoms with Gasteiger partial charge < -0.3 is 25.4 Å². The third-order valence-electron chi connectivity index (χ3n) is 5.04. The molecule has 0 bridgehead atoms. The lowest BCUT2D eigenvalue weighted by atomic mass is 9.84. The number of hydrogen-bond donors (Lipinski definition) is 3. The second-order valence-corrected chi connectivity index (χ2v) is 6.75. The minimum Gasteiger partial charge on any atom is -0.396 e. The van der Waals surface area contributed by atoms with Crippen molar-refractivity contribution in [2.75, 3.05) is 51.4 Å². The molecule has 1 saturated heterocycles. The first kappa shape index (κ1) is 23.9. The Bertz CT molecular complexity index is 558.